The largest absolute Gasteiger partial charge is 0.394 e. The minimum Gasteiger partial charge on any atom is -0.394 e. The molecule has 0 aromatic carbocycles. The minimum absolute atomic E-state index is 0.296. The molecule has 1 unspecified atom stereocenters. The van der Waals surface area contributed by atoms with Crippen LogP contribution in [0, 0.1) is 0 Å². The highest BCUT2D eigenvalue weighted by molar-refractivity contribution is 6.08. The van der Waals surface area contributed by atoms with E-state index in [1.54, 1.807) is 12.3 Å². The van der Waals surface area contributed by atoms with Crippen LogP contribution in [0.25, 0.3) is 39.1 Å². The molecule has 1 aliphatic rings. The third-order valence-electron chi connectivity index (χ3n) is 4.81. The molecule has 4 heterocycles. The summed E-state index contributed by atoms with van der Waals surface area (Å²) in [5, 5.41) is 35.8. The molecular formula is C16H17N7O4. The van der Waals surface area contributed by atoms with Gasteiger partial charge in [-0.25, -0.2) is 9.97 Å². The highest BCUT2D eigenvalue weighted by atomic mass is 16.6. The van der Waals surface area contributed by atoms with Crippen molar-refractivity contribution >= 4 is 34.3 Å². The molecule has 1 aliphatic heterocycles. The van der Waals surface area contributed by atoms with Crippen LogP contribution >= 0.6 is 0 Å². The van der Waals surface area contributed by atoms with Crippen molar-refractivity contribution < 1.29 is 20.1 Å². The van der Waals surface area contributed by atoms with Crippen LogP contribution in [0.5, 0.6) is 0 Å². The maximum atomic E-state index is 10.8. The molecule has 0 aliphatic carbocycles. The van der Waals surface area contributed by atoms with Gasteiger partial charge < -0.3 is 29.6 Å². The van der Waals surface area contributed by atoms with Crippen LogP contribution in [0.15, 0.2) is 23.7 Å². The van der Waals surface area contributed by atoms with Gasteiger partial charge in [-0.1, -0.05) is 11.7 Å². The first-order valence-corrected chi connectivity index (χ1v) is 8.14. The standard InChI is InChI=1S/C16H17N7O4/c1-7-3-9(21-22-17)8-4-23(14-11(8)13(20-7)18-6-19-14)15-16(2,26)12(25)10(5-24)27-15/h3-4,6,10,12,15,24-26H,1,5H2,2H3,(H,18,19,20)/t10-,12-,15-,16?/m1/s1. The highest BCUT2D eigenvalue weighted by Gasteiger charge is 2.53. The molecule has 1 fully saturated rings. The van der Waals surface area contributed by atoms with Gasteiger partial charge in [-0.3, -0.25) is 0 Å². The van der Waals surface area contributed by atoms with E-state index in [2.05, 4.69) is 31.6 Å². The van der Waals surface area contributed by atoms with Crippen molar-refractivity contribution in [2.45, 2.75) is 31.0 Å². The monoisotopic (exact) mass is 371 g/mol. The number of ether oxygens (including phenoxy) is 1. The Bertz CT molecular complexity index is 1140. The van der Waals surface area contributed by atoms with E-state index < -0.39 is 30.6 Å². The van der Waals surface area contributed by atoms with E-state index in [0.29, 0.717) is 33.1 Å². The first-order chi connectivity index (χ1) is 12.9. The van der Waals surface area contributed by atoms with Crippen LogP contribution in [-0.2, 0) is 4.74 Å². The SMILES string of the molecule is C=c1cc(N=[N+]=[N-])c2cn([C@@H]3O[C@H](CO)[C@@H](O)C3(C)O)c3ncnc([nH]1)c23. The van der Waals surface area contributed by atoms with Crippen LogP contribution in [0.4, 0.5) is 5.69 Å². The molecule has 0 saturated carbocycles. The minimum atomic E-state index is -1.69. The number of nitrogens with zero attached hydrogens (tertiary/aromatic N) is 6. The van der Waals surface area contributed by atoms with Gasteiger partial charge in [0.1, 0.15) is 35.4 Å². The smallest absolute Gasteiger partial charge is 0.167 e. The average molecular weight is 371 g/mol. The van der Waals surface area contributed by atoms with Gasteiger partial charge in [0.15, 0.2) is 6.23 Å². The molecule has 4 N–H and O–H groups in total. The van der Waals surface area contributed by atoms with E-state index in [1.807, 2.05) is 0 Å². The second-order valence-electron chi connectivity index (χ2n) is 6.62. The van der Waals surface area contributed by atoms with E-state index in [-0.39, 0.29) is 0 Å². The van der Waals surface area contributed by atoms with Gasteiger partial charge >= 0.3 is 0 Å². The predicted molar refractivity (Wildman–Crippen MR) is 95.4 cm³/mol. The van der Waals surface area contributed by atoms with Crippen LogP contribution in [-0.4, -0.2) is 59.3 Å². The van der Waals surface area contributed by atoms with E-state index in [9.17, 15) is 15.3 Å². The van der Waals surface area contributed by atoms with Crippen LogP contribution in [0.1, 0.15) is 13.2 Å². The summed E-state index contributed by atoms with van der Waals surface area (Å²) >= 11 is 0. The van der Waals surface area contributed by atoms with Gasteiger partial charge in [0.2, 0.25) is 0 Å². The topological polar surface area (TPSA) is 165 Å². The molecule has 0 radical (unpaired) electrons. The molecule has 0 bridgehead atoms. The van der Waals surface area contributed by atoms with Crippen molar-refractivity contribution in [1.29, 1.82) is 0 Å². The molecule has 140 valence electrons. The van der Waals surface area contributed by atoms with E-state index in [0.717, 1.165) is 0 Å². The molecule has 0 spiro atoms. The molecule has 0 amide bonds. The van der Waals surface area contributed by atoms with Crippen LogP contribution in [0.2, 0.25) is 0 Å². The number of nitrogens with one attached hydrogen (secondary N) is 1. The van der Waals surface area contributed by atoms with Crippen molar-refractivity contribution in [2.75, 3.05) is 6.61 Å². The van der Waals surface area contributed by atoms with Crippen LogP contribution < -0.4 is 5.35 Å². The lowest BCUT2D eigenvalue weighted by molar-refractivity contribution is -0.0947. The molecule has 1 saturated heterocycles. The van der Waals surface area contributed by atoms with Crippen molar-refractivity contribution in [3.8, 4) is 0 Å². The normalized spacial score (nSPS) is 27.9. The molecule has 3 aromatic rings. The maximum absolute atomic E-state index is 10.8. The summed E-state index contributed by atoms with van der Waals surface area (Å²) in [6, 6.07) is 1.57. The lowest BCUT2D eigenvalue weighted by Crippen LogP contribution is -2.44. The second-order valence-corrected chi connectivity index (χ2v) is 6.62. The Morgan fingerprint density at radius 3 is 2.96 bits per heavy atom. The Hall–Kier alpha value is -2.95. The van der Waals surface area contributed by atoms with Gasteiger partial charge in [-0.05, 0) is 18.5 Å². The molecule has 4 rings (SSSR count). The van der Waals surface area contributed by atoms with Crippen molar-refractivity contribution in [1.82, 2.24) is 19.5 Å². The maximum Gasteiger partial charge on any atom is 0.167 e. The Morgan fingerprint density at radius 2 is 2.30 bits per heavy atom. The first kappa shape index (κ1) is 17.5. The fourth-order valence-corrected chi connectivity index (χ4v) is 3.50. The van der Waals surface area contributed by atoms with Gasteiger partial charge in [-0.15, -0.1) is 0 Å². The third-order valence-corrected chi connectivity index (χ3v) is 4.81. The Morgan fingerprint density at radius 1 is 1.52 bits per heavy atom. The van der Waals surface area contributed by atoms with Crippen molar-refractivity contribution in [2.24, 2.45) is 5.11 Å². The lowest BCUT2D eigenvalue weighted by atomic mass is 9.96. The zero-order chi connectivity index (χ0) is 19.3. The number of hydrogen-bond donors (Lipinski definition) is 4. The van der Waals surface area contributed by atoms with Crippen molar-refractivity contribution in [3.63, 3.8) is 0 Å². The second kappa shape index (κ2) is 6.05. The summed E-state index contributed by atoms with van der Waals surface area (Å²) in [7, 11) is 0. The number of azide groups is 1. The number of hydrogen-bond acceptors (Lipinski definition) is 7. The number of aromatic nitrogens is 4. The molecule has 4 atom stereocenters. The molecule has 27 heavy (non-hydrogen) atoms. The summed E-state index contributed by atoms with van der Waals surface area (Å²) < 4.78 is 7.22. The number of rotatable bonds is 3. The van der Waals surface area contributed by atoms with Gasteiger partial charge in [0, 0.05) is 27.5 Å². The zero-order valence-corrected chi connectivity index (χ0v) is 14.3. The van der Waals surface area contributed by atoms with E-state index >= 15 is 0 Å². The molecular weight excluding hydrogens is 354 g/mol. The fourth-order valence-electron chi connectivity index (χ4n) is 3.50. The average Bonchev–Trinajstić information content (AvgIpc) is 3.06. The quantitative estimate of drug-likeness (QED) is 0.298. The molecule has 11 nitrogen and oxygen atoms in total. The lowest BCUT2D eigenvalue weighted by Gasteiger charge is -2.27. The van der Waals surface area contributed by atoms with Crippen LogP contribution in [0.3, 0.4) is 0 Å². The summed E-state index contributed by atoms with van der Waals surface area (Å²) in [6.07, 6.45) is -0.341. The van der Waals surface area contributed by atoms with E-state index in [4.69, 9.17) is 10.3 Å². The Balaban J connectivity index is 2.06. The first-order valence-electron chi connectivity index (χ1n) is 8.14. The number of aromatic amines is 1. The number of aliphatic hydroxyl groups is 3. The Labute approximate surface area is 151 Å². The van der Waals surface area contributed by atoms with Gasteiger partial charge in [0.05, 0.1) is 12.0 Å². The summed E-state index contributed by atoms with van der Waals surface area (Å²) in [5.41, 5.74) is 8.36. The highest BCUT2D eigenvalue weighted by Crippen LogP contribution is 2.41. The summed E-state index contributed by atoms with van der Waals surface area (Å²) in [5.74, 6) is 0. The summed E-state index contributed by atoms with van der Waals surface area (Å²) in [4.78, 5) is 14.4. The predicted octanol–water partition coefficient (Wildman–Crippen LogP) is 0.547. The molecule has 3 aromatic heterocycles. The van der Waals surface area contributed by atoms with Gasteiger partial charge in [-0.2, -0.15) is 0 Å². The Kier molecular flexibility index (Phi) is 3.91. The third kappa shape index (κ3) is 2.49. The van der Waals surface area contributed by atoms with Crippen molar-refractivity contribution in [3.05, 3.63) is 34.4 Å². The molecule has 11 heteroatoms. The zero-order valence-electron chi connectivity index (χ0n) is 14.3. The number of aliphatic hydroxyl groups excluding tert-OH is 2. The summed E-state index contributed by atoms with van der Waals surface area (Å²) in [6.45, 7) is 4.81. The number of H-pyrrole nitrogens is 1. The fraction of sp³-hybridized carbons (Fsp3) is 0.375. The van der Waals surface area contributed by atoms with E-state index in [1.165, 1.54) is 17.8 Å². The van der Waals surface area contributed by atoms with Gasteiger partial charge in [0.25, 0.3) is 0 Å².